The zero-order chi connectivity index (χ0) is 22.2. The van der Waals surface area contributed by atoms with Crippen molar-refractivity contribution in [3.63, 3.8) is 0 Å². The van der Waals surface area contributed by atoms with Crippen LogP contribution in [0.2, 0.25) is 0 Å². The number of hydroxylamine groups is 1. The second-order valence-electron chi connectivity index (χ2n) is 7.65. The van der Waals surface area contributed by atoms with E-state index in [0.29, 0.717) is 29.3 Å². The Hall–Kier alpha value is -3.71. The number of fused-ring (bicyclic) bond motifs is 1. The van der Waals surface area contributed by atoms with Gasteiger partial charge in [0.05, 0.1) is 24.0 Å². The largest absolute Gasteiger partial charge is 0.494 e. The van der Waals surface area contributed by atoms with Gasteiger partial charge in [-0.15, -0.1) is 0 Å². The summed E-state index contributed by atoms with van der Waals surface area (Å²) >= 11 is 0. The monoisotopic (exact) mass is 432 g/mol. The van der Waals surface area contributed by atoms with E-state index in [9.17, 15) is 14.0 Å². The first kappa shape index (κ1) is 20.2. The molecule has 0 saturated carbocycles. The highest BCUT2D eigenvalue weighted by atomic mass is 19.1. The summed E-state index contributed by atoms with van der Waals surface area (Å²) < 4.78 is 19.5. The zero-order valence-electron chi connectivity index (χ0n) is 17.4. The van der Waals surface area contributed by atoms with Crippen molar-refractivity contribution < 1.29 is 23.6 Å². The van der Waals surface area contributed by atoms with E-state index in [1.165, 1.54) is 12.1 Å². The molecule has 2 aliphatic rings. The number of anilines is 2. The van der Waals surface area contributed by atoms with Crippen LogP contribution in [-0.2, 0) is 14.4 Å². The molecule has 0 spiro atoms. The van der Waals surface area contributed by atoms with E-state index in [1.54, 1.807) is 41.5 Å². The number of amides is 2. The third kappa shape index (κ3) is 3.31. The Balaban J connectivity index is 1.54. The van der Waals surface area contributed by atoms with Gasteiger partial charge in [0.2, 0.25) is 5.91 Å². The van der Waals surface area contributed by atoms with Crippen molar-refractivity contribution in [2.24, 2.45) is 5.92 Å². The summed E-state index contributed by atoms with van der Waals surface area (Å²) in [5.41, 5.74) is 1.70. The molecule has 0 unspecified atom stereocenters. The van der Waals surface area contributed by atoms with Crippen molar-refractivity contribution in [3.8, 4) is 5.75 Å². The topological polar surface area (TPSA) is 59.1 Å². The molecule has 2 heterocycles. The Labute approximate surface area is 184 Å². The molecule has 5 rings (SSSR count). The normalized spacial score (nSPS) is 22.4. The van der Waals surface area contributed by atoms with E-state index >= 15 is 0 Å². The molecule has 0 radical (unpaired) electrons. The number of nitrogens with zero attached hydrogens (tertiary/aromatic N) is 2. The number of hydrogen-bond acceptors (Lipinski definition) is 5. The highest BCUT2D eigenvalue weighted by molar-refractivity contribution is 6.23. The highest BCUT2D eigenvalue weighted by Crippen LogP contribution is 2.47. The van der Waals surface area contributed by atoms with Crippen molar-refractivity contribution in [2.75, 3.05) is 16.6 Å². The van der Waals surface area contributed by atoms with E-state index in [0.717, 1.165) is 4.90 Å². The summed E-state index contributed by atoms with van der Waals surface area (Å²) in [6, 6.07) is 21.4. The first-order valence-corrected chi connectivity index (χ1v) is 10.5. The number of hydrogen-bond donors (Lipinski definition) is 0. The molecule has 2 amide bonds. The van der Waals surface area contributed by atoms with Gasteiger partial charge >= 0.3 is 0 Å². The van der Waals surface area contributed by atoms with E-state index in [-0.39, 0.29) is 5.91 Å². The fraction of sp³-hybridized carbons (Fsp3) is 0.200. The van der Waals surface area contributed by atoms with Gasteiger partial charge in [0.1, 0.15) is 17.5 Å². The summed E-state index contributed by atoms with van der Waals surface area (Å²) in [4.78, 5) is 34.0. The quantitative estimate of drug-likeness (QED) is 0.564. The number of carbonyl (C=O) groups excluding carboxylic acids is 2. The third-order valence-corrected chi connectivity index (χ3v) is 5.72. The molecule has 32 heavy (non-hydrogen) atoms. The van der Waals surface area contributed by atoms with Crippen LogP contribution >= 0.6 is 0 Å². The molecule has 2 fully saturated rings. The summed E-state index contributed by atoms with van der Waals surface area (Å²) in [7, 11) is 0. The summed E-state index contributed by atoms with van der Waals surface area (Å²) in [6.45, 7) is 2.40. The predicted molar refractivity (Wildman–Crippen MR) is 117 cm³/mol. The van der Waals surface area contributed by atoms with Gasteiger partial charge in [-0.3, -0.25) is 14.4 Å². The number of imide groups is 1. The van der Waals surface area contributed by atoms with Gasteiger partial charge in [-0.05, 0) is 61.0 Å². The first-order chi connectivity index (χ1) is 15.6. The zero-order valence-corrected chi connectivity index (χ0v) is 17.4. The number of rotatable bonds is 5. The number of para-hydroxylation sites is 1. The molecule has 6 nitrogen and oxygen atoms in total. The summed E-state index contributed by atoms with van der Waals surface area (Å²) in [5, 5.41) is 1.55. The van der Waals surface area contributed by atoms with E-state index in [4.69, 9.17) is 9.57 Å². The lowest BCUT2D eigenvalue weighted by Gasteiger charge is -2.28. The molecule has 0 N–H and O–H groups in total. The predicted octanol–water partition coefficient (Wildman–Crippen LogP) is 4.28. The lowest BCUT2D eigenvalue weighted by atomic mass is 9.90. The minimum Gasteiger partial charge on any atom is -0.494 e. The Kier molecular flexibility index (Phi) is 5.11. The minimum absolute atomic E-state index is 0.378. The average molecular weight is 432 g/mol. The lowest BCUT2D eigenvalue weighted by molar-refractivity contribution is -0.126. The van der Waals surface area contributed by atoms with Crippen molar-refractivity contribution >= 4 is 23.2 Å². The van der Waals surface area contributed by atoms with Crippen LogP contribution in [0.15, 0.2) is 78.9 Å². The van der Waals surface area contributed by atoms with E-state index in [2.05, 4.69) is 0 Å². The maximum Gasteiger partial charge on any atom is 0.266 e. The van der Waals surface area contributed by atoms with Crippen LogP contribution in [-0.4, -0.2) is 24.5 Å². The van der Waals surface area contributed by atoms with Gasteiger partial charge < -0.3 is 4.74 Å². The van der Waals surface area contributed by atoms with Gasteiger partial charge in [0, 0.05) is 0 Å². The van der Waals surface area contributed by atoms with Gasteiger partial charge in [-0.1, -0.05) is 30.3 Å². The number of ether oxygens (including phenoxy) is 1. The van der Waals surface area contributed by atoms with Gasteiger partial charge in [-0.25, -0.2) is 14.4 Å². The van der Waals surface area contributed by atoms with Crippen molar-refractivity contribution in [1.29, 1.82) is 0 Å². The fourth-order valence-electron chi connectivity index (χ4n) is 4.36. The van der Waals surface area contributed by atoms with Crippen LogP contribution in [0.25, 0.3) is 0 Å². The van der Waals surface area contributed by atoms with Crippen LogP contribution < -0.4 is 14.7 Å². The Morgan fingerprint density at radius 3 is 2.34 bits per heavy atom. The molecular formula is C25H21FN2O4. The summed E-state index contributed by atoms with van der Waals surface area (Å²) in [5.74, 6) is -1.39. The lowest BCUT2D eigenvalue weighted by Crippen LogP contribution is -2.37. The maximum absolute atomic E-state index is 14.1. The Morgan fingerprint density at radius 1 is 0.906 bits per heavy atom. The number of halogens is 1. The molecule has 3 atom stereocenters. The van der Waals surface area contributed by atoms with Gasteiger partial charge in [0.25, 0.3) is 5.91 Å². The Morgan fingerprint density at radius 2 is 1.66 bits per heavy atom. The molecule has 3 aromatic rings. The number of carbonyl (C=O) groups is 2. The SMILES string of the molecule is CCOc1ccc(N2C(=O)[C@@H]3[C@@H](c4cccc(F)c4)N(c4ccccc4)O[C@H]3C2=O)cc1. The van der Waals surface area contributed by atoms with E-state index < -0.39 is 29.8 Å². The first-order valence-electron chi connectivity index (χ1n) is 10.5. The van der Waals surface area contributed by atoms with Crippen LogP contribution in [0, 0.1) is 11.7 Å². The van der Waals surface area contributed by atoms with Crippen molar-refractivity contribution in [2.45, 2.75) is 19.1 Å². The third-order valence-electron chi connectivity index (χ3n) is 5.72. The van der Waals surface area contributed by atoms with Crippen LogP contribution in [0.1, 0.15) is 18.5 Å². The van der Waals surface area contributed by atoms with Crippen molar-refractivity contribution in [3.05, 3.63) is 90.2 Å². The fourth-order valence-corrected chi connectivity index (χ4v) is 4.36. The van der Waals surface area contributed by atoms with Crippen molar-refractivity contribution in [1.82, 2.24) is 0 Å². The molecule has 3 aromatic carbocycles. The molecule has 2 aliphatic heterocycles. The smallest absolute Gasteiger partial charge is 0.266 e. The van der Waals surface area contributed by atoms with Crippen LogP contribution in [0.3, 0.4) is 0 Å². The van der Waals surface area contributed by atoms with Crippen LogP contribution in [0.5, 0.6) is 5.75 Å². The molecule has 0 aliphatic carbocycles. The van der Waals surface area contributed by atoms with E-state index in [1.807, 2.05) is 37.3 Å². The molecular weight excluding hydrogens is 411 g/mol. The molecule has 0 bridgehead atoms. The molecule has 162 valence electrons. The second-order valence-corrected chi connectivity index (χ2v) is 7.65. The second kappa shape index (κ2) is 8.09. The molecule has 7 heteroatoms. The minimum atomic E-state index is -0.998. The van der Waals surface area contributed by atoms with Gasteiger partial charge in [-0.2, -0.15) is 0 Å². The van der Waals surface area contributed by atoms with Crippen LogP contribution in [0.4, 0.5) is 15.8 Å². The summed E-state index contributed by atoms with van der Waals surface area (Å²) in [6.07, 6.45) is -0.998. The average Bonchev–Trinajstić information content (AvgIpc) is 3.31. The maximum atomic E-state index is 14.1. The molecule has 2 saturated heterocycles. The Bertz CT molecular complexity index is 1150. The standard InChI is InChI=1S/C25H21FN2O4/c1-2-31-20-13-11-18(12-14-20)27-24(29)21-22(16-7-6-8-17(26)15-16)28(32-23(21)25(27)30)19-9-4-3-5-10-19/h3-15,21-23H,2H2,1H3/t21-,22-,23-/m1/s1. The molecule has 0 aromatic heterocycles. The highest BCUT2D eigenvalue weighted by Gasteiger charge is 2.60. The van der Waals surface area contributed by atoms with Gasteiger partial charge in [0.15, 0.2) is 6.10 Å². The number of benzene rings is 3.